The van der Waals surface area contributed by atoms with Gasteiger partial charge in [-0.1, -0.05) is 24.3 Å². The third kappa shape index (κ3) is 7.73. The minimum absolute atomic E-state index is 0.182. The highest BCUT2D eigenvalue weighted by molar-refractivity contribution is 7.98. The summed E-state index contributed by atoms with van der Waals surface area (Å²) >= 11 is 1.58. The van der Waals surface area contributed by atoms with Crippen LogP contribution >= 0.6 is 11.8 Å². The van der Waals surface area contributed by atoms with Crippen molar-refractivity contribution in [2.75, 3.05) is 29.2 Å². The number of amides is 3. The van der Waals surface area contributed by atoms with Gasteiger partial charge in [-0.05, 0) is 60.9 Å². The number of benzene rings is 2. The lowest BCUT2D eigenvalue weighted by atomic mass is 10.2. The fourth-order valence-corrected chi connectivity index (χ4v) is 3.38. The first-order chi connectivity index (χ1) is 16.0. The molecule has 1 atom stereocenters. The minimum atomic E-state index is -0.731. The van der Waals surface area contributed by atoms with Gasteiger partial charge in [0, 0.05) is 11.4 Å². The second-order valence-corrected chi connectivity index (χ2v) is 7.99. The lowest BCUT2D eigenvalue weighted by Crippen LogP contribution is -2.45. The van der Waals surface area contributed by atoms with Crippen molar-refractivity contribution in [1.29, 1.82) is 0 Å². The average Bonchev–Trinajstić information content (AvgIpc) is 3.36. The first-order valence-electron chi connectivity index (χ1n) is 10.3. The summed E-state index contributed by atoms with van der Waals surface area (Å²) in [6, 6.07) is 18.2. The van der Waals surface area contributed by atoms with Crippen molar-refractivity contribution in [3.63, 3.8) is 0 Å². The third-order valence-electron chi connectivity index (χ3n) is 4.51. The van der Waals surface area contributed by atoms with Gasteiger partial charge in [0.2, 0.25) is 5.91 Å². The van der Waals surface area contributed by atoms with Gasteiger partial charge in [-0.25, -0.2) is 0 Å². The van der Waals surface area contributed by atoms with Gasteiger partial charge in [-0.15, -0.1) is 0 Å². The van der Waals surface area contributed by atoms with Crippen LogP contribution in [0.15, 0.2) is 77.4 Å². The number of hydrogen-bond acceptors (Lipinski definition) is 6. The number of para-hydroxylation sites is 1. The molecule has 0 aliphatic rings. The summed E-state index contributed by atoms with van der Waals surface area (Å²) in [6.07, 6.45) is 3.80. The number of hydrogen-bond donors (Lipinski definition) is 3. The Morgan fingerprint density at radius 3 is 2.42 bits per heavy atom. The quantitative estimate of drug-likeness (QED) is 0.396. The summed E-state index contributed by atoms with van der Waals surface area (Å²) < 4.78 is 10.5. The van der Waals surface area contributed by atoms with Crippen molar-refractivity contribution in [3.05, 3.63) is 78.8 Å². The maximum Gasteiger partial charge on any atom is 0.291 e. The molecule has 9 heteroatoms. The van der Waals surface area contributed by atoms with Crippen LogP contribution in [0.2, 0.25) is 0 Å². The Bertz CT molecular complexity index is 1060. The van der Waals surface area contributed by atoms with Crippen LogP contribution < -0.4 is 20.7 Å². The lowest BCUT2D eigenvalue weighted by Gasteiger charge is -2.18. The number of furan rings is 1. The zero-order valence-corrected chi connectivity index (χ0v) is 18.9. The van der Waals surface area contributed by atoms with Crippen LogP contribution in [0.25, 0.3) is 0 Å². The van der Waals surface area contributed by atoms with Gasteiger partial charge < -0.3 is 25.1 Å². The van der Waals surface area contributed by atoms with Crippen LogP contribution in [-0.4, -0.2) is 42.4 Å². The van der Waals surface area contributed by atoms with Crippen molar-refractivity contribution in [1.82, 2.24) is 5.32 Å². The molecule has 0 fully saturated rings. The van der Waals surface area contributed by atoms with Gasteiger partial charge in [-0.3, -0.25) is 14.4 Å². The molecule has 3 amide bonds. The Morgan fingerprint density at radius 2 is 1.73 bits per heavy atom. The minimum Gasteiger partial charge on any atom is -0.484 e. The third-order valence-corrected chi connectivity index (χ3v) is 5.15. The maximum atomic E-state index is 12.9. The van der Waals surface area contributed by atoms with E-state index in [1.54, 1.807) is 60.3 Å². The molecule has 1 heterocycles. The highest BCUT2D eigenvalue weighted by atomic mass is 32.2. The molecule has 3 N–H and O–H groups in total. The number of carbonyl (C=O) groups is 3. The van der Waals surface area contributed by atoms with E-state index in [1.165, 1.54) is 6.26 Å². The molecule has 172 valence electrons. The molecule has 0 saturated carbocycles. The summed E-state index contributed by atoms with van der Waals surface area (Å²) in [7, 11) is 0. The Kier molecular flexibility index (Phi) is 8.96. The fourth-order valence-electron chi connectivity index (χ4n) is 2.91. The first-order valence-corrected chi connectivity index (χ1v) is 11.7. The summed E-state index contributed by atoms with van der Waals surface area (Å²) in [6.45, 7) is -0.193. The molecule has 0 aliphatic carbocycles. The normalized spacial score (nSPS) is 11.3. The van der Waals surface area contributed by atoms with Crippen molar-refractivity contribution >= 4 is 40.9 Å². The fraction of sp³-hybridized carbons (Fsp3) is 0.208. The van der Waals surface area contributed by atoms with E-state index < -0.39 is 11.9 Å². The van der Waals surface area contributed by atoms with Gasteiger partial charge in [0.25, 0.3) is 11.8 Å². The standard InChI is InChI=1S/C24H25N3O5S/c1-33-14-12-20(27-22(28)16-32-19-9-3-2-4-10-19)23(29)25-17-7-5-8-18(15-17)26-24(30)21-11-6-13-31-21/h2-11,13,15,20H,12,14,16H2,1H3,(H,25,29)(H,26,30)(H,27,28)/t20-/m1/s1. The molecular weight excluding hydrogens is 442 g/mol. The zero-order chi connectivity index (χ0) is 23.5. The summed E-state index contributed by atoms with van der Waals surface area (Å²) in [4.78, 5) is 37.4. The molecule has 3 aromatic rings. The maximum absolute atomic E-state index is 12.9. The van der Waals surface area contributed by atoms with Crippen molar-refractivity contribution in [2.45, 2.75) is 12.5 Å². The topological polar surface area (TPSA) is 110 Å². The average molecular weight is 468 g/mol. The Morgan fingerprint density at radius 1 is 0.970 bits per heavy atom. The predicted molar refractivity (Wildman–Crippen MR) is 129 cm³/mol. The van der Waals surface area contributed by atoms with E-state index in [0.29, 0.717) is 29.3 Å². The number of thioether (sulfide) groups is 1. The van der Waals surface area contributed by atoms with Crippen LogP contribution in [0, 0.1) is 0 Å². The molecule has 33 heavy (non-hydrogen) atoms. The highest BCUT2D eigenvalue weighted by Crippen LogP contribution is 2.17. The number of anilines is 2. The summed E-state index contributed by atoms with van der Waals surface area (Å²) in [5, 5.41) is 8.25. The molecule has 0 spiro atoms. The Labute approximate surface area is 196 Å². The van der Waals surface area contributed by atoms with Crippen LogP contribution in [0.5, 0.6) is 5.75 Å². The largest absolute Gasteiger partial charge is 0.484 e. The molecule has 1 aromatic heterocycles. The number of nitrogens with one attached hydrogen (secondary N) is 3. The van der Waals surface area contributed by atoms with Crippen LogP contribution in [0.3, 0.4) is 0 Å². The predicted octanol–water partition coefficient (Wildman–Crippen LogP) is 3.79. The molecule has 0 radical (unpaired) electrons. The van der Waals surface area contributed by atoms with Crippen molar-refractivity contribution < 1.29 is 23.5 Å². The smallest absolute Gasteiger partial charge is 0.291 e. The number of rotatable bonds is 11. The molecule has 8 nitrogen and oxygen atoms in total. The molecular formula is C24H25N3O5S. The van der Waals surface area contributed by atoms with Crippen molar-refractivity contribution in [3.8, 4) is 5.75 Å². The monoisotopic (exact) mass is 467 g/mol. The highest BCUT2D eigenvalue weighted by Gasteiger charge is 2.21. The molecule has 2 aromatic carbocycles. The Balaban J connectivity index is 1.58. The van der Waals surface area contributed by atoms with E-state index in [9.17, 15) is 14.4 Å². The SMILES string of the molecule is CSCC[C@@H](NC(=O)COc1ccccc1)C(=O)Nc1cccc(NC(=O)c2ccco2)c1. The van der Waals surface area contributed by atoms with Gasteiger partial charge in [0.1, 0.15) is 11.8 Å². The molecule has 0 saturated heterocycles. The molecule has 0 aliphatic heterocycles. The molecule has 0 unspecified atom stereocenters. The van der Waals surface area contributed by atoms with Gasteiger partial charge in [0.15, 0.2) is 12.4 Å². The molecule has 0 bridgehead atoms. The summed E-state index contributed by atoms with van der Waals surface area (Å²) in [5.74, 6) is 0.309. The van der Waals surface area contributed by atoms with E-state index in [-0.39, 0.29) is 24.2 Å². The molecule has 3 rings (SSSR count). The van der Waals surface area contributed by atoms with Crippen LogP contribution in [0.4, 0.5) is 11.4 Å². The van der Waals surface area contributed by atoms with E-state index >= 15 is 0 Å². The van der Waals surface area contributed by atoms with Crippen molar-refractivity contribution in [2.24, 2.45) is 0 Å². The van der Waals surface area contributed by atoms with Gasteiger partial charge in [0.05, 0.1) is 6.26 Å². The van der Waals surface area contributed by atoms with E-state index in [0.717, 1.165) is 0 Å². The number of ether oxygens (including phenoxy) is 1. The van der Waals surface area contributed by atoms with E-state index in [4.69, 9.17) is 9.15 Å². The second kappa shape index (κ2) is 12.4. The zero-order valence-electron chi connectivity index (χ0n) is 18.1. The second-order valence-electron chi connectivity index (χ2n) is 7.00. The van der Waals surface area contributed by atoms with Gasteiger partial charge >= 0.3 is 0 Å². The van der Waals surface area contributed by atoms with Crippen LogP contribution in [0.1, 0.15) is 17.0 Å². The van der Waals surface area contributed by atoms with E-state index in [2.05, 4.69) is 16.0 Å². The first kappa shape index (κ1) is 23.9. The van der Waals surface area contributed by atoms with Crippen LogP contribution in [-0.2, 0) is 9.59 Å². The van der Waals surface area contributed by atoms with E-state index in [1.807, 2.05) is 24.5 Å². The summed E-state index contributed by atoms with van der Waals surface area (Å²) in [5.41, 5.74) is 0.983. The number of carbonyl (C=O) groups excluding carboxylic acids is 3. The Hall–Kier alpha value is -3.72. The van der Waals surface area contributed by atoms with Gasteiger partial charge in [-0.2, -0.15) is 11.8 Å². The lowest BCUT2D eigenvalue weighted by molar-refractivity contribution is -0.127.